The maximum atomic E-state index is 12.2. The first-order chi connectivity index (χ1) is 8.11. The summed E-state index contributed by atoms with van der Waals surface area (Å²) >= 11 is 1.33. The molecule has 2 rings (SSSR count). The summed E-state index contributed by atoms with van der Waals surface area (Å²) in [4.78, 5) is 12.8. The lowest BCUT2D eigenvalue weighted by atomic mass is 10.1. The van der Waals surface area contributed by atoms with Gasteiger partial charge in [0.05, 0.1) is 7.11 Å². The summed E-state index contributed by atoms with van der Waals surface area (Å²) in [6, 6.07) is 6.59. The van der Waals surface area contributed by atoms with Gasteiger partial charge in [0.25, 0.3) is 0 Å². The molecule has 0 atom stereocenters. The molecule has 1 aromatic carbocycles. The van der Waals surface area contributed by atoms with Crippen LogP contribution in [0.2, 0.25) is 0 Å². The Labute approximate surface area is 103 Å². The molecule has 0 fully saturated rings. The van der Waals surface area contributed by atoms with Crippen LogP contribution in [0.1, 0.15) is 15.2 Å². The summed E-state index contributed by atoms with van der Waals surface area (Å²) in [6.45, 7) is 0. The lowest BCUT2D eigenvalue weighted by molar-refractivity contribution is 0.104. The molecular formula is C12H12N2O2S. The standard InChI is InChI=1S/C12H12N2O2S/c1-16-10-2-3-17-12(10)11(15)7-4-8(13)6-9(14)5-7/h2-6H,13-14H2,1H3. The van der Waals surface area contributed by atoms with E-state index in [1.807, 2.05) is 5.38 Å². The molecule has 0 amide bonds. The molecular weight excluding hydrogens is 236 g/mol. The van der Waals surface area contributed by atoms with E-state index in [2.05, 4.69) is 0 Å². The first kappa shape index (κ1) is 11.5. The number of carbonyl (C=O) groups excluding carboxylic acids is 1. The molecule has 4 nitrogen and oxygen atoms in total. The van der Waals surface area contributed by atoms with E-state index < -0.39 is 0 Å². The van der Waals surface area contributed by atoms with Crippen LogP contribution < -0.4 is 16.2 Å². The van der Waals surface area contributed by atoms with Crippen LogP contribution in [-0.4, -0.2) is 12.9 Å². The molecule has 0 spiro atoms. The number of benzene rings is 1. The average molecular weight is 248 g/mol. The predicted octanol–water partition coefficient (Wildman–Crippen LogP) is 2.15. The van der Waals surface area contributed by atoms with Gasteiger partial charge < -0.3 is 16.2 Å². The number of methoxy groups -OCH3 is 1. The fourth-order valence-electron chi connectivity index (χ4n) is 1.56. The van der Waals surface area contributed by atoms with Crippen molar-refractivity contribution in [1.82, 2.24) is 0 Å². The largest absolute Gasteiger partial charge is 0.495 e. The number of ketones is 1. The second-order valence-electron chi connectivity index (χ2n) is 3.54. The molecule has 2 aromatic rings. The van der Waals surface area contributed by atoms with E-state index >= 15 is 0 Å². The van der Waals surface area contributed by atoms with Crippen LogP contribution in [0.15, 0.2) is 29.6 Å². The van der Waals surface area contributed by atoms with Gasteiger partial charge in [-0.1, -0.05) is 0 Å². The van der Waals surface area contributed by atoms with Crippen LogP contribution in [0, 0.1) is 0 Å². The van der Waals surface area contributed by atoms with Gasteiger partial charge in [-0.2, -0.15) is 0 Å². The number of rotatable bonds is 3. The summed E-state index contributed by atoms with van der Waals surface area (Å²) in [7, 11) is 1.53. The first-order valence-electron chi connectivity index (χ1n) is 4.94. The number of nitrogen functional groups attached to an aromatic ring is 2. The molecule has 17 heavy (non-hydrogen) atoms. The van der Waals surface area contributed by atoms with Crippen LogP contribution in [0.4, 0.5) is 11.4 Å². The van der Waals surface area contributed by atoms with Gasteiger partial charge in [0.15, 0.2) is 0 Å². The van der Waals surface area contributed by atoms with Crippen LogP contribution >= 0.6 is 11.3 Å². The molecule has 4 N–H and O–H groups in total. The zero-order valence-corrected chi connectivity index (χ0v) is 10.1. The number of hydrogen-bond donors (Lipinski definition) is 2. The topological polar surface area (TPSA) is 78.3 Å². The zero-order valence-electron chi connectivity index (χ0n) is 9.27. The molecule has 0 unspecified atom stereocenters. The lowest BCUT2D eigenvalue weighted by Crippen LogP contribution is -2.03. The molecule has 1 aromatic heterocycles. The number of thiophene rings is 1. The van der Waals surface area contributed by atoms with E-state index in [1.54, 1.807) is 24.3 Å². The van der Waals surface area contributed by atoms with Gasteiger partial charge in [-0.25, -0.2) is 0 Å². The SMILES string of the molecule is COc1ccsc1C(=O)c1cc(N)cc(N)c1. The average Bonchev–Trinajstić information content (AvgIpc) is 2.74. The second-order valence-corrected chi connectivity index (χ2v) is 4.45. The van der Waals surface area contributed by atoms with Crippen LogP contribution in [0.3, 0.4) is 0 Å². The fraction of sp³-hybridized carbons (Fsp3) is 0.0833. The Morgan fingerprint density at radius 1 is 1.24 bits per heavy atom. The molecule has 0 aliphatic carbocycles. The Hall–Kier alpha value is -2.01. The summed E-state index contributed by atoms with van der Waals surface area (Å²) in [5, 5.41) is 1.81. The molecule has 1 heterocycles. The molecule has 88 valence electrons. The van der Waals surface area contributed by atoms with Crippen LogP contribution in [0.25, 0.3) is 0 Å². The van der Waals surface area contributed by atoms with Crippen molar-refractivity contribution in [1.29, 1.82) is 0 Å². The van der Waals surface area contributed by atoms with E-state index in [0.29, 0.717) is 27.6 Å². The fourth-order valence-corrected chi connectivity index (χ4v) is 2.38. The predicted molar refractivity (Wildman–Crippen MR) is 69.6 cm³/mol. The highest BCUT2D eigenvalue weighted by Crippen LogP contribution is 2.28. The van der Waals surface area contributed by atoms with E-state index in [4.69, 9.17) is 16.2 Å². The van der Waals surface area contributed by atoms with Crippen molar-refractivity contribution in [2.24, 2.45) is 0 Å². The number of carbonyl (C=O) groups is 1. The molecule has 0 aliphatic heterocycles. The summed E-state index contributed by atoms with van der Waals surface area (Å²) in [6.07, 6.45) is 0. The Morgan fingerprint density at radius 2 is 1.88 bits per heavy atom. The second kappa shape index (κ2) is 4.47. The van der Waals surface area contributed by atoms with Gasteiger partial charge in [0, 0.05) is 16.9 Å². The van der Waals surface area contributed by atoms with Crippen molar-refractivity contribution < 1.29 is 9.53 Å². The summed E-state index contributed by atoms with van der Waals surface area (Å²) < 4.78 is 5.12. The van der Waals surface area contributed by atoms with Crippen molar-refractivity contribution in [2.75, 3.05) is 18.6 Å². The van der Waals surface area contributed by atoms with Gasteiger partial charge >= 0.3 is 0 Å². The highest BCUT2D eigenvalue weighted by molar-refractivity contribution is 7.12. The minimum absolute atomic E-state index is 0.129. The smallest absolute Gasteiger partial charge is 0.206 e. The maximum Gasteiger partial charge on any atom is 0.206 e. The van der Waals surface area contributed by atoms with Gasteiger partial charge in [-0.05, 0) is 29.6 Å². The quantitative estimate of drug-likeness (QED) is 0.644. The number of ether oxygens (including phenoxy) is 1. The Balaban J connectivity index is 2.43. The third-order valence-corrected chi connectivity index (χ3v) is 3.19. The lowest BCUT2D eigenvalue weighted by Gasteiger charge is -2.04. The van der Waals surface area contributed by atoms with E-state index in [0.717, 1.165) is 0 Å². The van der Waals surface area contributed by atoms with Crippen LogP contribution in [-0.2, 0) is 0 Å². The van der Waals surface area contributed by atoms with Crippen molar-refractivity contribution in [3.05, 3.63) is 40.1 Å². The molecule has 0 saturated heterocycles. The Bertz CT molecular complexity index is 543. The Morgan fingerprint density at radius 3 is 2.47 bits per heavy atom. The highest BCUT2D eigenvalue weighted by atomic mass is 32.1. The van der Waals surface area contributed by atoms with Gasteiger partial charge in [0.2, 0.25) is 5.78 Å². The summed E-state index contributed by atoms with van der Waals surface area (Å²) in [5.41, 5.74) is 12.7. The first-order valence-corrected chi connectivity index (χ1v) is 5.82. The van der Waals surface area contributed by atoms with E-state index in [1.165, 1.54) is 18.4 Å². The molecule has 0 saturated carbocycles. The highest BCUT2D eigenvalue weighted by Gasteiger charge is 2.16. The summed E-state index contributed by atoms with van der Waals surface area (Å²) in [5.74, 6) is 0.442. The number of hydrogen-bond acceptors (Lipinski definition) is 5. The maximum absolute atomic E-state index is 12.2. The minimum atomic E-state index is -0.129. The number of nitrogens with two attached hydrogens (primary N) is 2. The monoisotopic (exact) mass is 248 g/mol. The molecule has 5 heteroatoms. The third kappa shape index (κ3) is 2.24. The van der Waals surface area contributed by atoms with Crippen molar-refractivity contribution >= 4 is 28.5 Å². The third-order valence-electron chi connectivity index (χ3n) is 2.30. The van der Waals surface area contributed by atoms with E-state index in [-0.39, 0.29) is 5.78 Å². The van der Waals surface area contributed by atoms with Gasteiger partial charge in [-0.15, -0.1) is 11.3 Å². The van der Waals surface area contributed by atoms with Crippen molar-refractivity contribution in [3.63, 3.8) is 0 Å². The minimum Gasteiger partial charge on any atom is -0.495 e. The van der Waals surface area contributed by atoms with E-state index in [9.17, 15) is 4.79 Å². The number of anilines is 2. The van der Waals surface area contributed by atoms with Crippen molar-refractivity contribution in [2.45, 2.75) is 0 Å². The van der Waals surface area contributed by atoms with Gasteiger partial charge in [0.1, 0.15) is 10.6 Å². The molecule has 0 aliphatic rings. The normalized spacial score (nSPS) is 10.2. The van der Waals surface area contributed by atoms with Crippen molar-refractivity contribution in [3.8, 4) is 5.75 Å². The van der Waals surface area contributed by atoms with Gasteiger partial charge in [-0.3, -0.25) is 4.79 Å². The molecule has 0 bridgehead atoms. The molecule has 0 radical (unpaired) electrons. The Kier molecular flexibility index (Phi) is 3.01. The zero-order chi connectivity index (χ0) is 12.4. The van der Waals surface area contributed by atoms with Crippen LogP contribution in [0.5, 0.6) is 5.75 Å².